The van der Waals surface area contributed by atoms with Crippen LogP contribution in [0.3, 0.4) is 0 Å². The van der Waals surface area contributed by atoms with Crippen molar-refractivity contribution in [1.29, 1.82) is 0 Å². The molecule has 4 nitrogen and oxygen atoms in total. The van der Waals surface area contributed by atoms with Gasteiger partial charge in [0.05, 0.1) is 11.0 Å². The van der Waals surface area contributed by atoms with Crippen LogP contribution in [0.15, 0.2) is 59.6 Å². The molecule has 1 atom stereocenters. The van der Waals surface area contributed by atoms with E-state index in [0.717, 1.165) is 36.6 Å². The van der Waals surface area contributed by atoms with Gasteiger partial charge in [0.25, 0.3) is 0 Å². The molecule has 1 fully saturated rings. The van der Waals surface area contributed by atoms with E-state index in [2.05, 4.69) is 64.1 Å². The summed E-state index contributed by atoms with van der Waals surface area (Å²) in [4.78, 5) is 8.97. The second kappa shape index (κ2) is 14.7. The maximum atomic E-state index is 6.00. The molecule has 1 aliphatic carbocycles. The Labute approximate surface area is 207 Å². The van der Waals surface area contributed by atoms with Crippen LogP contribution in [0.25, 0.3) is 11.0 Å². The van der Waals surface area contributed by atoms with E-state index in [9.17, 15) is 0 Å². The summed E-state index contributed by atoms with van der Waals surface area (Å²) in [6, 6.07) is 18.7. The Morgan fingerprint density at radius 3 is 2.38 bits per heavy atom. The van der Waals surface area contributed by atoms with Gasteiger partial charge in [-0.2, -0.15) is 0 Å². The predicted molar refractivity (Wildman–Crippen MR) is 149 cm³/mol. The number of rotatable bonds is 9. The quantitative estimate of drug-likeness (QED) is 0.269. The van der Waals surface area contributed by atoms with E-state index < -0.39 is 0 Å². The highest BCUT2D eigenvalue weighted by atomic mass is 15.0. The van der Waals surface area contributed by atoms with Crippen molar-refractivity contribution in [2.45, 2.75) is 78.1 Å². The molecular formula is C30H46N4. The van der Waals surface area contributed by atoms with Gasteiger partial charge in [-0.25, -0.2) is 4.98 Å². The topological polar surface area (TPSA) is 56.2 Å². The molecule has 0 amide bonds. The third-order valence-electron chi connectivity index (χ3n) is 7.02. The molecule has 1 heterocycles. The first-order chi connectivity index (χ1) is 16.5. The number of para-hydroxylation sites is 2. The molecular weight excluding hydrogens is 416 g/mol. The number of hydrogen-bond acceptors (Lipinski definition) is 3. The fourth-order valence-electron chi connectivity index (χ4n) is 4.24. The summed E-state index contributed by atoms with van der Waals surface area (Å²) < 4.78 is 2.09. The zero-order valence-electron chi connectivity index (χ0n) is 22.1. The number of benzene rings is 2. The molecule has 1 saturated carbocycles. The summed E-state index contributed by atoms with van der Waals surface area (Å²) in [6.45, 7) is 9.81. The Bertz CT molecular complexity index is 972. The van der Waals surface area contributed by atoms with Gasteiger partial charge in [-0.05, 0) is 56.0 Å². The van der Waals surface area contributed by atoms with Crippen LogP contribution in [0.5, 0.6) is 0 Å². The lowest BCUT2D eigenvalue weighted by Crippen LogP contribution is -2.32. The standard InChI is InChI=1S/C19H30N2.C9H10N2.C2H6/c1-19(16-20,18-11-3-2-4-12-18)13-15-21-14-6-5-8-17-9-7-10-17;1-7-10-8-5-3-4-6-9(8)11(7)2;1-2/h2-4,11-12,14,17H,5-10,13,15-16,20H2,1H3;3-6H,1-2H3;1-2H3. The van der Waals surface area contributed by atoms with Gasteiger partial charge >= 0.3 is 0 Å². The number of nitrogens with zero attached hydrogens (tertiary/aromatic N) is 3. The Morgan fingerprint density at radius 1 is 1.09 bits per heavy atom. The molecule has 3 aromatic rings. The molecule has 2 aromatic carbocycles. The summed E-state index contributed by atoms with van der Waals surface area (Å²) in [5.41, 5.74) is 9.65. The van der Waals surface area contributed by atoms with Crippen LogP contribution in [0.4, 0.5) is 0 Å². The fourth-order valence-corrected chi connectivity index (χ4v) is 4.24. The van der Waals surface area contributed by atoms with Crippen molar-refractivity contribution >= 4 is 17.2 Å². The van der Waals surface area contributed by atoms with Gasteiger partial charge in [0, 0.05) is 25.6 Å². The van der Waals surface area contributed by atoms with Crippen LogP contribution in [-0.2, 0) is 12.5 Å². The summed E-state index contributed by atoms with van der Waals surface area (Å²) >= 11 is 0. The van der Waals surface area contributed by atoms with Gasteiger partial charge < -0.3 is 10.3 Å². The highest BCUT2D eigenvalue weighted by Crippen LogP contribution is 2.30. The van der Waals surface area contributed by atoms with Crippen LogP contribution in [-0.4, -0.2) is 28.9 Å². The minimum atomic E-state index is 0.0462. The largest absolute Gasteiger partial charge is 0.331 e. The van der Waals surface area contributed by atoms with Gasteiger partial charge in [0.15, 0.2) is 0 Å². The molecule has 0 saturated heterocycles. The Morgan fingerprint density at radius 2 is 1.76 bits per heavy atom. The van der Waals surface area contributed by atoms with Crippen LogP contribution in [0.2, 0.25) is 0 Å². The lowest BCUT2D eigenvalue weighted by atomic mass is 9.79. The summed E-state index contributed by atoms with van der Waals surface area (Å²) in [7, 11) is 2.03. The van der Waals surface area contributed by atoms with E-state index in [1.807, 2.05) is 46.0 Å². The van der Waals surface area contributed by atoms with Crippen molar-refractivity contribution in [3.8, 4) is 0 Å². The van der Waals surface area contributed by atoms with E-state index in [-0.39, 0.29) is 5.41 Å². The highest BCUT2D eigenvalue weighted by Gasteiger charge is 2.23. The van der Waals surface area contributed by atoms with Crippen molar-refractivity contribution in [3.63, 3.8) is 0 Å². The normalized spacial score (nSPS) is 15.1. The molecule has 4 heteroatoms. The molecule has 1 aromatic heterocycles. The second-order valence-electron chi connectivity index (χ2n) is 9.40. The van der Waals surface area contributed by atoms with Crippen molar-refractivity contribution in [1.82, 2.24) is 9.55 Å². The number of aliphatic imine (C=N–C) groups is 1. The van der Waals surface area contributed by atoms with Gasteiger partial charge in [-0.15, -0.1) is 0 Å². The molecule has 1 aliphatic rings. The molecule has 0 radical (unpaired) electrons. The van der Waals surface area contributed by atoms with Crippen LogP contribution < -0.4 is 5.73 Å². The van der Waals surface area contributed by atoms with E-state index in [1.54, 1.807) is 0 Å². The lowest BCUT2D eigenvalue weighted by Gasteiger charge is -2.28. The Kier molecular flexibility index (Phi) is 12.0. The maximum Gasteiger partial charge on any atom is 0.106 e. The average Bonchev–Trinajstić information content (AvgIpc) is 3.15. The predicted octanol–water partition coefficient (Wildman–Crippen LogP) is 7.24. The maximum absolute atomic E-state index is 6.00. The first-order valence-corrected chi connectivity index (χ1v) is 13.2. The summed E-state index contributed by atoms with van der Waals surface area (Å²) in [6.07, 6.45) is 11.4. The first-order valence-electron chi connectivity index (χ1n) is 13.2. The number of imidazole rings is 1. The monoisotopic (exact) mass is 462 g/mol. The number of aromatic nitrogens is 2. The van der Waals surface area contributed by atoms with Gasteiger partial charge in [-0.1, -0.05) is 88.9 Å². The molecule has 34 heavy (non-hydrogen) atoms. The first kappa shape index (κ1) is 27.8. The number of hydrogen-bond donors (Lipinski definition) is 1. The SMILES string of the molecule is CC.CC(CN)(CCN=CCCCC1CCC1)c1ccccc1.Cc1nc2ccccc2n1C. The van der Waals surface area contributed by atoms with E-state index in [4.69, 9.17) is 5.73 Å². The zero-order valence-corrected chi connectivity index (χ0v) is 22.1. The van der Waals surface area contributed by atoms with Crippen LogP contribution >= 0.6 is 0 Å². The Balaban J connectivity index is 0.000000262. The molecule has 0 aliphatic heterocycles. The van der Waals surface area contributed by atoms with Crippen molar-refractivity contribution < 1.29 is 0 Å². The average molecular weight is 463 g/mol. The lowest BCUT2D eigenvalue weighted by molar-refractivity contribution is 0.292. The summed E-state index contributed by atoms with van der Waals surface area (Å²) in [5.74, 6) is 2.09. The van der Waals surface area contributed by atoms with E-state index in [1.165, 1.54) is 43.2 Å². The minimum Gasteiger partial charge on any atom is -0.331 e. The molecule has 0 bridgehead atoms. The number of aryl methyl sites for hydroxylation is 2. The number of unbranched alkanes of at least 4 members (excludes halogenated alkanes) is 1. The van der Waals surface area contributed by atoms with Gasteiger partial charge in [0.1, 0.15) is 5.82 Å². The smallest absolute Gasteiger partial charge is 0.106 e. The third kappa shape index (κ3) is 8.09. The molecule has 4 rings (SSSR count). The highest BCUT2D eigenvalue weighted by molar-refractivity contribution is 5.75. The van der Waals surface area contributed by atoms with Gasteiger partial charge in [0.2, 0.25) is 0 Å². The minimum absolute atomic E-state index is 0.0462. The summed E-state index contributed by atoms with van der Waals surface area (Å²) in [5, 5.41) is 0. The molecule has 186 valence electrons. The number of nitrogens with two attached hydrogens (primary N) is 1. The number of fused-ring (bicyclic) bond motifs is 1. The van der Waals surface area contributed by atoms with E-state index in [0.29, 0.717) is 6.54 Å². The van der Waals surface area contributed by atoms with Crippen molar-refractivity contribution in [2.75, 3.05) is 13.1 Å². The van der Waals surface area contributed by atoms with Crippen molar-refractivity contribution in [3.05, 3.63) is 66.0 Å². The van der Waals surface area contributed by atoms with Crippen LogP contribution in [0.1, 0.15) is 77.1 Å². The zero-order chi connectivity index (χ0) is 24.8. The fraction of sp³-hybridized carbons (Fsp3) is 0.533. The molecule has 1 unspecified atom stereocenters. The van der Waals surface area contributed by atoms with Crippen molar-refractivity contribution in [2.24, 2.45) is 23.7 Å². The third-order valence-corrected chi connectivity index (χ3v) is 7.02. The van der Waals surface area contributed by atoms with Crippen LogP contribution in [0, 0.1) is 12.8 Å². The van der Waals surface area contributed by atoms with Gasteiger partial charge in [-0.3, -0.25) is 4.99 Å². The second-order valence-corrected chi connectivity index (χ2v) is 9.40. The molecule has 2 N–H and O–H groups in total. The Hall–Kier alpha value is -2.46. The van der Waals surface area contributed by atoms with E-state index >= 15 is 0 Å². The molecule has 0 spiro atoms.